The van der Waals surface area contributed by atoms with E-state index in [1.54, 1.807) is 35.9 Å². The van der Waals surface area contributed by atoms with Crippen LogP contribution in [0.5, 0.6) is 5.75 Å². The summed E-state index contributed by atoms with van der Waals surface area (Å²) in [6, 6.07) is 8.72. The summed E-state index contributed by atoms with van der Waals surface area (Å²) < 4.78 is 6.97. The predicted octanol–water partition coefficient (Wildman–Crippen LogP) is 3.93. The van der Waals surface area contributed by atoms with E-state index >= 15 is 0 Å². The molecule has 0 aliphatic carbocycles. The lowest BCUT2D eigenvalue weighted by Gasteiger charge is -2.12. The number of ether oxygens (including phenoxy) is 1. The minimum atomic E-state index is -0.941. The number of carboxylic acid groups (broad SMARTS) is 1. The summed E-state index contributed by atoms with van der Waals surface area (Å²) in [5, 5.41) is 9.81. The Morgan fingerprint density at radius 3 is 2.70 bits per heavy atom. The van der Waals surface area contributed by atoms with Crippen molar-refractivity contribution in [3.05, 3.63) is 41.0 Å². The third-order valence-corrected chi connectivity index (χ3v) is 3.43. The molecule has 0 unspecified atom stereocenters. The maximum absolute atomic E-state index is 11.3. The van der Waals surface area contributed by atoms with Crippen LogP contribution in [0.2, 0.25) is 5.02 Å². The molecule has 2 aromatic rings. The molecule has 0 atom stereocenters. The van der Waals surface area contributed by atoms with Crippen LogP contribution in [0, 0.1) is 0 Å². The van der Waals surface area contributed by atoms with Crippen molar-refractivity contribution in [2.45, 2.75) is 19.9 Å². The Balaban J connectivity index is 2.60. The van der Waals surface area contributed by atoms with E-state index in [2.05, 4.69) is 0 Å². The minimum Gasteiger partial charge on any atom is -0.497 e. The van der Waals surface area contributed by atoms with E-state index in [1.807, 2.05) is 13.0 Å². The first kappa shape index (κ1) is 14.5. The van der Waals surface area contributed by atoms with Crippen LogP contribution in [0.25, 0.3) is 11.3 Å². The highest BCUT2D eigenvalue weighted by atomic mass is 35.5. The second kappa shape index (κ2) is 6.01. The smallest absolute Gasteiger partial charge is 0.352 e. The van der Waals surface area contributed by atoms with Gasteiger partial charge < -0.3 is 14.4 Å². The van der Waals surface area contributed by atoms with Crippen molar-refractivity contribution in [1.82, 2.24) is 4.57 Å². The molecule has 1 aromatic heterocycles. The summed E-state index contributed by atoms with van der Waals surface area (Å²) in [5.74, 6) is -0.255. The molecule has 0 bridgehead atoms. The van der Waals surface area contributed by atoms with Crippen LogP contribution in [-0.2, 0) is 6.54 Å². The molecular weight excluding hydrogens is 278 g/mol. The third kappa shape index (κ3) is 2.65. The Kier molecular flexibility index (Phi) is 4.35. The molecule has 4 nitrogen and oxygen atoms in total. The van der Waals surface area contributed by atoms with E-state index in [0.717, 1.165) is 17.7 Å². The number of halogens is 1. The number of carbonyl (C=O) groups is 1. The molecule has 20 heavy (non-hydrogen) atoms. The van der Waals surface area contributed by atoms with Gasteiger partial charge in [-0.2, -0.15) is 0 Å². The van der Waals surface area contributed by atoms with Crippen LogP contribution in [0.1, 0.15) is 23.8 Å². The fourth-order valence-electron chi connectivity index (χ4n) is 2.18. The molecule has 5 heteroatoms. The second-order valence-electron chi connectivity index (χ2n) is 4.41. The molecule has 2 rings (SSSR count). The first-order chi connectivity index (χ1) is 9.58. The fraction of sp³-hybridized carbons (Fsp3) is 0.267. The van der Waals surface area contributed by atoms with Crippen molar-refractivity contribution < 1.29 is 14.6 Å². The first-order valence-corrected chi connectivity index (χ1v) is 6.73. The monoisotopic (exact) mass is 293 g/mol. The van der Waals surface area contributed by atoms with Crippen LogP contribution >= 0.6 is 11.6 Å². The van der Waals surface area contributed by atoms with E-state index in [4.69, 9.17) is 16.3 Å². The first-order valence-electron chi connectivity index (χ1n) is 6.35. The molecule has 0 amide bonds. The largest absolute Gasteiger partial charge is 0.497 e. The van der Waals surface area contributed by atoms with Gasteiger partial charge in [0.25, 0.3) is 0 Å². The van der Waals surface area contributed by atoms with Gasteiger partial charge in [-0.05, 0) is 36.8 Å². The summed E-state index contributed by atoms with van der Waals surface area (Å²) in [6.07, 6.45) is 0.837. The van der Waals surface area contributed by atoms with E-state index in [9.17, 15) is 9.90 Å². The lowest BCUT2D eigenvalue weighted by molar-refractivity contribution is 0.0685. The number of methoxy groups -OCH3 is 1. The van der Waals surface area contributed by atoms with Gasteiger partial charge >= 0.3 is 5.97 Å². The zero-order valence-electron chi connectivity index (χ0n) is 11.4. The Morgan fingerprint density at radius 2 is 2.10 bits per heavy atom. The van der Waals surface area contributed by atoms with Gasteiger partial charge in [-0.3, -0.25) is 0 Å². The van der Waals surface area contributed by atoms with Crippen LogP contribution in [0.4, 0.5) is 0 Å². The molecule has 0 aliphatic heterocycles. The number of hydrogen-bond donors (Lipinski definition) is 1. The average molecular weight is 294 g/mol. The van der Waals surface area contributed by atoms with Gasteiger partial charge in [0.1, 0.15) is 11.4 Å². The molecule has 106 valence electrons. The van der Waals surface area contributed by atoms with Gasteiger partial charge in [0.05, 0.1) is 17.8 Å². The molecule has 0 aliphatic rings. The molecule has 0 spiro atoms. The number of benzene rings is 1. The summed E-state index contributed by atoms with van der Waals surface area (Å²) in [4.78, 5) is 11.3. The van der Waals surface area contributed by atoms with Crippen LogP contribution in [-0.4, -0.2) is 22.8 Å². The second-order valence-corrected chi connectivity index (χ2v) is 4.81. The number of aromatic nitrogens is 1. The predicted molar refractivity (Wildman–Crippen MR) is 78.7 cm³/mol. The molecule has 0 saturated heterocycles. The topological polar surface area (TPSA) is 51.5 Å². The highest BCUT2D eigenvalue weighted by Crippen LogP contribution is 2.33. The molecule has 1 heterocycles. The molecule has 0 radical (unpaired) electrons. The van der Waals surface area contributed by atoms with Crippen molar-refractivity contribution in [1.29, 1.82) is 0 Å². The highest BCUT2D eigenvalue weighted by molar-refractivity contribution is 6.33. The van der Waals surface area contributed by atoms with Gasteiger partial charge in [-0.15, -0.1) is 0 Å². The number of aromatic carboxylic acids is 1. The molecule has 0 fully saturated rings. The van der Waals surface area contributed by atoms with Gasteiger partial charge in [-0.1, -0.05) is 18.5 Å². The van der Waals surface area contributed by atoms with E-state index in [-0.39, 0.29) is 5.69 Å². The van der Waals surface area contributed by atoms with Crippen LogP contribution in [0.3, 0.4) is 0 Å². The van der Waals surface area contributed by atoms with Crippen molar-refractivity contribution in [2.75, 3.05) is 7.11 Å². The standard InChI is InChI=1S/C15H16ClNO3/c1-3-8-17-13(6-7-14(17)15(18)19)11-9-10(20-2)4-5-12(11)16/h4-7,9H,3,8H2,1-2H3,(H,18,19). The normalized spacial score (nSPS) is 10.6. The fourth-order valence-corrected chi connectivity index (χ4v) is 2.40. The number of nitrogens with zero attached hydrogens (tertiary/aromatic N) is 1. The van der Waals surface area contributed by atoms with Gasteiger partial charge in [0, 0.05) is 12.1 Å². The summed E-state index contributed by atoms with van der Waals surface area (Å²) in [5.41, 5.74) is 1.82. The van der Waals surface area contributed by atoms with Crippen molar-refractivity contribution in [2.24, 2.45) is 0 Å². The Hall–Kier alpha value is -1.94. The van der Waals surface area contributed by atoms with Gasteiger partial charge in [0.2, 0.25) is 0 Å². The number of carboxylic acids is 1. The van der Waals surface area contributed by atoms with Crippen molar-refractivity contribution in [3.63, 3.8) is 0 Å². The molecular formula is C15H16ClNO3. The molecule has 1 aromatic carbocycles. The van der Waals surface area contributed by atoms with Crippen LogP contribution in [0.15, 0.2) is 30.3 Å². The Morgan fingerprint density at radius 1 is 1.35 bits per heavy atom. The SMILES string of the molecule is CCCn1c(C(=O)O)ccc1-c1cc(OC)ccc1Cl. The Labute approximate surface area is 122 Å². The lowest BCUT2D eigenvalue weighted by atomic mass is 10.1. The van der Waals surface area contributed by atoms with E-state index in [1.165, 1.54) is 0 Å². The van der Waals surface area contributed by atoms with Crippen molar-refractivity contribution in [3.8, 4) is 17.0 Å². The van der Waals surface area contributed by atoms with E-state index < -0.39 is 5.97 Å². The maximum Gasteiger partial charge on any atom is 0.352 e. The highest BCUT2D eigenvalue weighted by Gasteiger charge is 2.16. The van der Waals surface area contributed by atoms with Crippen molar-refractivity contribution >= 4 is 17.6 Å². The zero-order valence-corrected chi connectivity index (χ0v) is 12.1. The Bertz CT molecular complexity index is 634. The van der Waals surface area contributed by atoms with Gasteiger partial charge in [0.15, 0.2) is 0 Å². The summed E-state index contributed by atoms with van der Waals surface area (Å²) in [6.45, 7) is 2.63. The quantitative estimate of drug-likeness (QED) is 0.909. The zero-order chi connectivity index (χ0) is 14.7. The summed E-state index contributed by atoms with van der Waals surface area (Å²) in [7, 11) is 1.58. The number of hydrogen-bond acceptors (Lipinski definition) is 2. The maximum atomic E-state index is 11.3. The molecule has 1 N–H and O–H groups in total. The average Bonchev–Trinajstić information content (AvgIpc) is 2.83. The third-order valence-electron chi connectivity index (χ3n) is 3.10. The van der Waals surface area contributed by atoms with Crippen LogP contribution < -0.4 is 4.74 Å². The van der Waals surface area contributed by atoms with Gasteiger partial charge in [-0.25, -0.2) is 4.79 Å². The van der Waals surface area contributed by atoms with E-state index in [0.29, 0.717) is 17.3 Å². The summed E-state index contributed by atoms with van der Waals surface area (Å²) >= 11 is 6.23. The minimum absolute atomic E-state index is 0.265. The molecule has 0 saturated carbocycles. The lowest BCUT2D eigenvalue weighted by Crippen LogP contribution is -2.09. The number of rotatable bonds is 5.